The number of hydrogen-bond donors (Lipinski definition) is 2. The molecular formula is C23H19FN2O3S. The number of aromatic nitrogens is 2. The van der Waals surface area contributed by atoms with Crippen LogP contribution in [0.4, 0.5) is 4.39 Å². The molecule has 5 nitrogen and oxygen atoms in total. The smallest absolute Gasteiger partial charge is 0.264 e. The van der Waals surface area contributed by atoms with Gasteiger partial charge in [0.1, 0.15) is 29.7 Å². The molecular weight excluding hydrogens is 403 g/mol. The average Bonchev–Trinajstić information content (AvgIpc) is 3.20. The van der Waals surface area contributed by atoms with E-state index in [2.05, 4.69) is 10.2 Å². The number of rotatable bonds is 7. The second kappa shape index (κ2) is 8.92. The Hall–Kier alpha value is -3.45. The van der Waals surface area contributed by atoms with Crippen LogP contribution in [0.25, 0.3) is 11.3 Å². The molecule has 4 rings (SSSR count). The maximum Gasteiger partial charge on any atom is 0.264 e. The first kappa shape index (κ1) is 19.8. The van der Waals surface area contributed by atoms with Gasteiger partial charge in [0.05, 0.1) is 5.69 Å². The summed E-state index contributed by atoms with van der Waals surface area (Å²) in [5.41, 5.74) is 1.51. The van der Waals surface area contributed by atoms with E-state index >= 15 is 0 Å². The minimum absolute atomic E-state index is 0.0711. The van der Waals surface area contributed by atoms with E-state index in [0.717, 1.165) is 4.90 Å². The highest BCUT2D eigenvalue weighted by molar-refractivity contribution is 7.98. The van der Waals surface area contributed by atoms with Gasteiger partial charge < -0.3 is 9.47 Å². The quantitative estimate of drug-likeness (QED) is 0.380. The van der Waals surface area contributed by atoms with Crippen molar-refractivity contribution in [1.29, 1.82) is 0 Å². The van der Waals surface area contributed by atoms with E-state index in [1.165, 1.54) is 12.1 Å². The van der Waals surface area contributed by atoms with Crippen LogP contribution in [-0.4, -0.2) is 16.5 Å². The van der Waals surface area contributed by atoms with Crippen molar-refractivity contribution in [2.24, 2.45) is 0 Å². The Kier molecular flexibility index (Phi) is 5.90. The largest absolute Gasteiger partial charge is 0.489 e. The molecule has 1 heterocycles. The van der Waals surface area contributed by atoms with Crippen molar-refractivity contribution in [3.8, 4) is 28.5 Å². The third kappa shape index (κ3) is 4.75. The van der Waals surface area contributed by atoms with E-state index in [9.17, 15) is 9.18 Å². The highest BCUT2D eigenvalue weighted by atomic mass is 32.2. The van der Waals surface area contributed by atoms with Crippen molar-refractivity contribution in [2.75, 3.05) is 6.26 Å². The lowest BCUT2D eigenvalue weighted by atomic mass is 10.1. The third-order valence-corrected chi connectivity index (χ3v) is 5.18. The van der Waals surface area contributed by atoms with Gasteiger partial charge in [-0.3, -0.25) is 15.0 Å². The predicted molar refractivity (Wildman–Crippen MR) is 116 cm³/mol. The molecule has 0 unspecified atom stereocenters. The Morgan fingerprint density at radius 2 is 1.67 bits per heavy atom. The Morgan fingerprint density at radius 3 is 2.37 bits per heavy atom. The maximum atomic E-state index is 13.9. The van der Waals surface area contributed by atoms with Gasteiger partial charge in [0, 0.05) is 28.2 Å². The second-order valence-corrected chi connectivity index (χ2v) is 7.40. The van der Waals surface area contributed by atoms with Crippen molar-refractivity contribution in [3.63, 3.8) is 0 Å². The number of ether oxygens (including phenoxy) is 2. The van der Waals surface area contributed by atoms with Gasteiger partial charge in [-0.05, 0) is 48.7 Å². The minimum Gasteiger partial charge on any atom is -0.489 e. The average molecular weight is 422 g/mol. The van der Waals surface area contributed by atoms with Crippen LogP contribution >= 0.6 is 11.8 Å². The van der Waals surface area contributed by atoms with Crippen LogP contribution in [-0.2, 0) is 6.61 Å². The molecule has 0 amide bonds. The fraction of sp³-hybridized carbons (Fsp3) is 0.0870. The molecule has 4 aromatic rings. The lowest BCUT2D eigenvalue weighted by molar-refractivity contribution is 0.298. The van der Waals surface area contributed by atoms with Crippen LogP contribution in [0.15, 0.2) is 82.5 Å². The van der Waals surface area contributed by atoms with Gasteiger partial charge in [-0.25, -0.2) is 4.39 Å². The molecule has 3 aromatic carbocycles. The molecule has 0 atom stereocenters. The standard InChI is InChI=1S/C23H19FN2O3S/c1-30-20-8-6-17(7-9-20)29-19-11-16(22-13-23(27)26-25-22)10-18(12-19)28-14-15-4-2-3-5-21(15)24/h2-13H,14H2,1H3,(H2,25,26,27). The first-order chi connectivity index (χ1) is 14.6. The topological polar surface area (TPSA) is 67.1 Å². The Morgan fingerprint density at radius 1 is 0.900 bits per heavy atom. The van der Waals surface area contributed by atoms with E-state index in [1.807, 2.05) is 30.5 Å². The summed E-state index contributed by atoms with van der Waals surface area (Å²) in [6.07, 6.45) is 2.01. The molecule has 0 saturated heterocycles. The summed E-state index contributed by atoms with van der Waals surface area (Å²) in [6.45, 7) is 0.0711. The number of benzene rings is 3. The molecule has 1 aromatic heterocycles. The predicted octanol–water partition coefficient (Wildman–Crippen LogP) is 5.60. The van der Waals surface area contributed by atoms with Crippen LogP contribution < -0.4 is 15.0 Å². The number of thioether (sulfide) groups is 1. The van der Waals surface area contributed by atoms with Crippen molar-refractivity contribution < 1.29 is 13.9 Å². The third-order valence-electron chi connectivity index (χ3n) is 4.43. The van der Waals surface area contributed by atoms with Crippen LogP contribution in [0, 0.1) is 5.82 Å². The molecule has 152 valence electrons. The number of halogens is 1. The van der Waals surface area contributed by atoms with E-state index in [0.29, 0.717) is 34.1 Å². The van der Waals surface area contributed by atoms with Crippen molar-refractivity contribution in [1.82, 2.24) is 10.2 Å². The lowest BCUT2D eigenvalue weighted by Crippen LogP contribution is -1.99. The van der Waals surface area contributed by atoms with E-state index in [1.54, 1.807) is 48.2 Å². The summed E-state index contributed by atoms with van der Waals surface area (Å²) < 4.78 is 25.7. The van der Waals surface area contributed by atoms with Gasteiger partial charge in [0.15, 0.2) is 0 Å². The van der Waals surface area contributed by atoms with Crippen molar-refractivity contribution >= 4 is 11.8 Å². The maximum absolute atomic E-state index is 13.9. The molecule has 2 N–H and O–H groups in total. The normalized spacial score (nSPS) is 10.7. The van der Waals surface area contributed by atoms with Crippen LogP contribution in [0.3, 0.4) is 0 Å². The first-order valence-electron chi connectivity index (χ1n) is 9.22. The molecule has 0 fully saturated rings. The Balaban J connectivity index is 1.63. The Labute approximate surface area is 176 Å². The summed E-state index contributed by atoms with van der Waals surface area (Å²) in [7, 11) is 0. The molecule has 0 spiro atoms. The molecule has 0 aliphatic carbocycles. The first-order valence-corrected chi connectivity index (χ1v) is 10.4. The van der Waals surface area contributed by atoms with E-state index < -0.39 is 0 Å². The molecule has 7 heteroatoms. The molecule has 0 aliphatic heterocycles. The summed E-state index contributed by atoms with van der Waals surface area (Å²) in [4.78, 5) is 12.7. The van der Waals surface area contributed by atoms with Crippen LogP contribution in [0.1, 0.15) is 5.56 Å². The molecule has 0 bridgehead atoms. The highest BCUT2D eigenvalue weighted by Crippen LogP contribution is 2.32. The van der Waals surface area contributed by atoms with Crippen molar-refractivity contribution in [2.45, 2.75) is 11.5 Å². The molecule has 0 aliphatic rings. The number of nitrogens with one attached hydrogen (secondary N) is 2. The Bertz CT molecular complexity index is 1200. The van der Waals surface area contributed by atoms with Crippen LogP contribution in [0.5, 0.6) is 17.2 Å². The van der Waals surface area contributed by atoms with Gasteiger partial charge >= 0.3 is 0 Å². The summed E-state index contributed by atoms with van der Waals surface area (Å²) in [5, 5.41) is 5.35. The second-order valence-electron chi connectivity index (χ2n) is 6.52. The molecule has 0 saturated carbocycles. The van der Waals surface area contributed by atoms with Gasteiger partial charge in [-0.15, -0.1) is 11.8 Å². The van der Waals surface area contributed by atoms with Gasteiger partial charge in [0.2, 0.25) is 0 Å². The number of aromatic amines is 2. The molecule has 0 radical (unpaired) electrons. The van der Waals surface area contributed by atoms with Gasteiger partial charge in [0.25, 0.3) is 5.56 Å². The van der Waals surface area contributed by atoms with E-state index in [-0.39, 0.29) is 18.0 Å². The fourth-order valence-electron chi connectivity index (χ4n) is 2.91. The van der Waals surface area contributed by atoms with E-state index in [4.69, 9.17) is 9.47 Å². The lowest BCUT2D eigenvalue weighted by Gasteiger charge is -2.12. The van der Waals surface area contributed by atoms with Crippen molar-refractivity contribution in [3.05, 3.63) is 94.5 Å². The summed E-state index contributed by atoms with van der Waals surface area (Å²) in [5.74, 6) is 1.38. The summed E-state index contributed by atoms with van der Waals surface area (Å²) >= 11 is 1.65. The highest BCUT2D eigenvalue weighted by Gasteiger charge is 2.10. The van der Waals surface area contributed by atoms with Gasteiger partial charge in [-0.1, -0.05) is 18.2 Å². The SMILES string of the molecule is CSc1ccc(Oc2cc(OCc3ccccc3F)cc(-c3cc(=O)[nH][nH]3)c2)cc1. The fourth-order valence-corrected chi connectivity index (χ4v) is 3.32. The zero-order valence-electron chi connectivity index (χ0n) is 16.1. The monoisotopic (exact) mass is 422 g/mol. The molecule has 30 heavy (non-hydrogen) atoms. The zero-order valence-corrected chi connectivity index (χ0v) is 17.0. The van der Waals surface area contributed by atoms with Crippen LogP contribution in [0.2, 0.25) is 0 Å². The zero-order chi connectivity index (χ0) is 20.9. The number of H-pyrrole nitrogens is 2. The number of hydrogen-bond acceptors (Lipinski definition) is 4. The van der Waals surface area contributed by atoms with Gasteiger partial charge in [-0.2, -0.15) is 0 Å². The minimum atomic E-state index is -0.325. The summed E-state index contributed by atoms with van der Waals surface area (Å²) in [6, 6.07) is 20.9.